The standard InChI is InChI=1S/C14H25NO/c1-11(15-14(2,3)4)10-12-6-8-13(16-5)9-7-12/h6-8,11,13,15H,9-10H2,1-5H3. The smallest absolute Gasteiger partial charge is 0.0789 e. The average molecular weight is 223 g/mol. The van der Waals surface area contributed by atoms with Crippen LogP contribution in [-0.2, 0) is 4.74 Å². The molecule has 92 valence electrons. The van der Waals surface area contributed by atoms with E-state index in [1.807, 2.05) is 0 Å². The molecule has 0 saturated heterocycles. The van der Waals surface area contributed by atoms with Crippen molar-refractivity contribution in [3.8, 4) is 0 Å². The molecule has 0 aromatic rings. The van der Waals surface area contributed by atoms with Gasteiger partial charge in [-0.05, 0) is 40.5 Å². The van der Waals surface area contributed by atoms with Gasteiger partial charge in [-0.1, -0.05) is 23.8 Å². The number of ether oxygens (including phenoxy) is 1. The lowest BCUT2D eigenvalue weighted by atomic mass is 9.98. The van der Waals surface area contributed by atoms with E-state index in [0.717, 1.165) is 12.8 Å². The highest BCUT2D eigenvalue weighted by Crippen LogP contribution is 2.17. The van der Waals surface area contributed by atoms with Gasteiger partial charge < -0.3 is 10.1 Å². The molecule has 0 saturated carbocycles. The van der Waals surface area contributed by atoms with Gasteiger partial charge in [0.1, 0.15) is 0 Å². The van der Waals surface area contributed by atoms with Crippen LogP contribution in [0.25, 0.3) is 0 Å². The molecule has 2 nitrogen and oxygen atoms in total. The van der Waals surface area contributed by atoms with Gasteiger partial charge in [0.15, 0.2) is 0 Å². The van der Waals surface area contributed by atoms with Gasteiger partial charge in [0.25, 0.3) is 0 Å². The van der Waals surface area contributed by atoms with Crippen LogP contribution in [0.2, 0.25) is 0 Å². The first kappa shape index (κ1) is 13.5. The lowest BCUT2D eigenvalue weighted by Gasteiger charge is -2.27. The Morgan fingerprint density at radius 3 is 2.62 bits per heavy atom. The molecular weight excluding hydrogens is 198 g/mol. The summed E-state index contributed by atoms with van der Waals surface area (Å²) in [5.74, 6) is 0. The van der Waals surface area contributed by atoms with Crippen LogP contribution in [0.1, 0.15) is 40.5 Å². The van der Waals surface area contributed by atoms with Crippen LogP contribution in [0, 0.1) is 0 Å². The van der Waals surface area contributed by atoms with Crippen LogP contribution >= 0.6 is 0 Å². The zero-order valence-electron chi connectivity index (χ0n) is 11.2. The predicted molar refractivity (Wildman–Crippen MR) is 69.6 cm³/mol. The lowest BCUT2D eigenvalue weighted by Crippen LogP contribution is -2.42. The maximum atomic E-state index is 5.28. The Hall–Kier alpha value is -0.600. The molecule has 2 atom stereocenters. The largest absolute Gasteiger partial charge is 0.377 e. The number of methoxy groups -OCH3 is 1. The minimum Gasteiger partial charge on any atom is -0.377 e. The lowest BCUT2D eigenvalue weighted by molar-refractivity contribution is 0.142. The third-order valence-corrected chi connectivity index (χ3v) is 2.66. The third kappa shape index (κ3) is 4.95. The van der Waals surface area contributed by atoms with Gasteiger partial charge in [-0.15, -0.1) is 0 Å². The SMILES string of the molecule is COC1C=CC(CC(C)NC(C)(C)C)=CC1. The number of hydrogen-bond donors (Lipinski definition) is 1. The molecule has 16 heavy (non-hydrogen) atoms. The maximum Gasteiger partial charge on any atom is 0.0789 e. The van der Waals surface area contributed by atoms with Crippen molar-refractivity contribution in [3.05, 3.63) is 23.8 Å². The van der Waals surface area contributed by atoms with E-state index in [9.17, 15) is 0 Å². The van der Waals surface area contributed by atoms with Crippen LogP contribution in [0.4, 0.5) is 0 Å². The fourth-order valence-electron chi connectivity index (χ4n) is 2.12. The van der Waals surface area contributed by atoms with Crippen LogP contribution in [-0.4, -0.2) is 24.8 Å². The van der Waals surface area contributed by atoms with E-state index in [0.29, 0.717) is 6.04 Å². The molecular formula is C14H25NO. The molecule has 0 radical (unpaired) electrons. The van der Waals surface area contributed by atoms with Crippen LogP contribution in [0.3, 0.4) is 0 Å². The van der Waals surface area contributed by atoms with Gasteiger partial charge in [0.2, 0.25) is 0 Å². The van der Waals surface area contributed by atoms with Crippen molar-refractivity contribution in [1.82, 2.24) is 5.32 Å². The molecule has 0 aromatic carbocycles. The molecule has 0 spiro atoms. The Kier molecular flexibility index (Phi) is 4.75. The minimum atomic E-state index is 0.188. The maximum absolute atomic E-state index is 5.28. The molecule has 1 rings (SSSR count). The Labute approximate surface area is 99.8 Å². The molecule has 1 aliphatic rings. The first-order chi connectivity index (χ1) is 7.40. The van der Waals surface area contributed by atoms with Gasteiger partial charge in [0.05, 0.1) is 6.10 Å². The van der Waals surface area contributed by atoms with Crippen molar-refractivity contribution in [3.63, 3.8) is 0 Å². The van der Waals surface area contributed by atoms with Crippen molar-refractivity contribution in [2.75, 3.05) is 7.11 Å². The Morgan fingerprint density at radius 1 is 1.50 bits per heavy atom. The summed E-state index contributed by atoms with van der Waals surface area (Å²) in [5, 5.41) is 3.59. The molecule has 0 heterocycles. The zero-order chi connectivity index (χ0) is 12.2. The molecule has 0 aliphatic heterocycles. The van der Waals surface area contributed by atoms with Gasteiger partial charge >= 0.3 is 0 Å². The minimum absolute atomic E-state index is 0.188. The van der Waals surface area contributed by atoms with Crippen LogP contribution in [0.5, 0.6) is 0 Å². The highest BCUT2D eigenvalue weighted by Gasteiger charge is 2.15. The van der Waals surface area contributed by atoms with Crippen molar-refractivity contribution >= 4 is 0 Å². The molecule has 2 unspecified atom stereocenters. The van der Waals surface area contributed by atoms with Crippen molar-refractivity contribution < 1.29 is 4.74 Å². The predicted octanol–water partition coefficient (Wildman–Crippen LogP) is 3.05. The first-order valence-electron chi connectivity index (χ1n) is 6.08. The summed E-state index contributed by atoms with van der Waals surface area (Å²) in [6.45, 7) is 8.85. The molecule has 0 amide bonds. The summed E-state index contributed by atoms with van der Waals surface area (Å²) in [6, 6.07) is 0.509. The van der Waals surface area contributed by atoms with Crippen molar-refractivity contribution in [2.24, 2.45) is 0 Å². The van der Waals surface area contributed by atoms with E-state index in [2.05, 4.69) is 51.2 Å². The third-order valence-electron chi connectivity index (χ3n) is 2.66. The summed E-state index contributed by atoms with van der Waals surface area (Å²) in [6.07, 6.45) is 9.00. The second-order valence-corrected chi connectivity index (χ2v) is 5.65. The molecule has 0 aromatic heterocycles. The number of rotatable bonds is 4. The van der Waals surface area contributed by atoms with Crippen LogP contribution in [0.15, 0.2) is 23.8 Å². The Bertz CT molecular complexity index is 273. The van der Waals surface area contributed by atoms with Crippen molar-refractivity contribution in [2.45, 2.75) is 58.2 Å². The molecule has 1 N–H and O–H groups in total. The summed E-state index contributed by atoms with van der Waals surface area (Å²) >= 11 is 0. The van der Waals surface area contributed by atoms with E-state index >= 15 is 0 Å². The average Bonchev–Trinajstić information content (AvgIpc) is 2.16. The van der Waals surface area contributed by atoms with Crippen LogP contribution < -0.4 is 5.32 Å². The number of hydrogen-bond acceptors (Lipinski definition) is 2. The number of nitrogens with one attached hydrogen (secondary N) is 1. The monoisotopic (exact) mass is 223 g/mol. The van der Waals surface area contributed by atoms with Crippen molar-refractivity contribution in [1.29, 1.82) is 0 Å². The van der Waals surface area contributed by atoms with Gasteiger partial charge in [-0.2, -0.15) is 0 Å². The highest BCUT2D eigenvalue weighted by molar-refractivity contribution is 5.25. The van der Waals surface area contributed by atoms with E-state index in [4.69, 9.17) is 4.74 Å². The Morgan fingerprint density at radius 2 is 2.19 bits per heavy atom. The summed E-state index contributed by atoms with van der Waals surface area (Å²) in [7, 11) is 1.76. The second kappa shape index (κ2) is 5.65. The zero-order valence-corrected chi connectivity index (χ0v) is 11.2. The fourth-order valence-corrected chi connectivity index (χ4v) is 2.12. The Balaban J connectivity index is 2.39. The first-order valence-corrected chi connectivity index (χ1v) is 6.08. The molecule has 0 bridgehead atoms. The molecule has 0 fully saturated rings. The number of allylic oxidation sites excluding steroid dienone is 1. The summed E-state index contributed by atoms with van der Waals surface area (Å²) < 4.78 is 5.28. The topological polar surface area (TPSA) is 21.3 Å². The highest BCUT2D eigenvalue weighted by atomic mass is 16.5. The second-order valence-electron chi connectivity index (χ2n) is 5.65. The summed E-state index contributed by atoms with van der Waals surface area (Å²) in [5.41, 5.74) is 1.60. The quantitative estimate of drug-likeness (QED) is 0.791. The normalized spacial score (nSPS) is 23.1. The van der Waals surface area contributed by atoms with E-state index in [1.54, 1.807) is 7.11 Å². The fraction of sp³-hybridized carbons (Fsp3) is 0.714. The van der Waals surface area contributed by atoms with E-state index < -0.39 is 0 Å². The molecule has 2 heteroatoms. The van der Waals surface area contributed by atoms with E-state index in [1.165, 1.54) is 5.57 Å². The van der Waals surface area contributed by atoms with Gasteiger partial charge in [0, 0.05) is 18.7 Å². The molecule has 1 aliphatic carbocycles. The van der Waals surface area contributed by atoms with Gasteiger partial charge in [-0.25, -0.2) is 0 Å². The van der Waals surface area contributed by atoms with Gasteiger partial charge in [-0.3, -0.25) is 0 Å². The van der Waals surface area contributed by atoms with E-state index in [-0.39, 0.29) is 11.6 Å². The summed E-state index contributed by atoms with van der Waals surface area (Å²) in [4.78, 5) is 0.